The molecule has 1 saturated carbocycles. The van der Waals surface area contributed by atoms with E-state index in [0.717, 1.165) is 11.5 Å². The maximum Gasteiger partial charge on any atom is 0.343 e. The summed E-state index contributed by atoms with van der Waals surface area (Å²) in [7, 11) is 0. The standard InChI is InChI=1S/C23H28O2/c1-3-4-18-7-9-19(10-8-18)20-11-13-21(14-12-20)23(24)25-22-15-5-17(2)6-16-22/h5-6,11-16,18-19H,3-4,7-10H2,1-2H3. The molecule has 0 amide bonds. The molecule has 0 N–H and O–H groups in total. The molecule has 0 aromatic heterocycles. The van der Waals surface area contributed by atoms with Gasteiger partial charge in [0.1, 0.15) is 5.75 Å². The molecule has 0 atom stereocenters. The summed E-state index contributed by atoms with van der Waals surface area (Å²) in [5, 5.41) is 0. The van der Waals surface area contributed by atoms with E-state index in [9.17, 15) is 4.79 Å². The van der Waals surface area contributed by atoms with E-state index < -0.39 is 0 Å². The minimum Gasteiger partial charge on any atom is -0.423 e. The molecule has 0 bridgehead atoms. The zero-order valence-corrected chi connectivity index (χ0v) is 15.3. The summed E-state index contributed by atoms with van der Waals surface area (Å²) in [6.45, 7) is 4.29. The van der Waals surface area contributed by atoms with Gasteiger partial charge in [-0.25, -0.2) is 4.79 Å². The molecule has 3 rings (SSSR count). The average Bonchev–Trinajstić information content (AvgIpc) is 2.65. The van der Waals surface area contributed by atoms with Crippen LogP contribution in [-0.4, -0.2) is 5.97 Å². The van der Waals surface area contributed by atoms with Crippen molar-refractivity contribution < 1.29 is 9.53 Å². The Balaban J connectivity index is 1.58. The first-order chi connectivity index (χ1) is 12.2. The van der Waals surface area contributed by atoms with Crippen LogP contribution in [0, 0.1) is 12.8 Å². The van der Waals surface area contributed by atoms with Crippen molar-refractivity contribution in [3.8, 4) is 5.75 Å². The van der Waals surface area contributed by atoms with Gasteiger partial charge < -0.3 is 4.74 Å². The summed E-state index contributed by atoms with van der Waals surface area (Å²) >= 11 is 0. The first kappa shape index (κ1) is 17.7. The van der Waals surface area contributed by atoms with Crippen molar-refractivity contribution in [1.82, 2.24) is 0 Å². The monoisotopic (exact) mass is 336 g/mol. The van der Waals surface area contributed by atoms with E-state index in [2.05, 4.69) is 19.1 Å². The third kappa shape index (κ3) is 4.72. The van der Waals surface area contributed by atoms with Crippen molar-refractivity contribution in [1.29, 1.82) is 0 Å². The molecule has 2 aromatic carbocycles. The van der Waals surface area contributed by atoms with Gasteiger partial charge in [0.25, 0.3) is 0 Å². The van der Waals surface area contributed by atoms with Gasteiger partial charge in [-0.2, -0.15) is 0 Å². The molecule has 0 heterocycles. The lowest BCUT2D eigenvalue weighted by Crippen LogP contribution is -2.13. The highest BCUT2D eigenvalue weighted by Gasteiger charge is 2.22. The van der Waals surface area contributed by atoms with Crippen molar-refractivity contribution >= 4 is 5.97 Å². The first-order valence-corrected chi connectivity index (χ1v) is 9.54. The van der Waals surface area contributed by atoms with Crippen LogP contribution in [-0.2, 0) is 0 Å². The highest BCUT2D eigenvalue weighted by atomic mass is 16.5. The van der Waals surface area contributed by atoms with Crippen LogP contribution in [0.4, 0.5) is 0 Å². The van der Waals surface area contributed by atoms with Gasteiger partial charge in [0.2, 0.25) is 0 Å². The zero-order chi connectivity index (χ0) is 17.6. The van der Waals surface area contributed by atoms with E-state index in [-0.39, 0.29) is 5.97 Å². The van der Waals surface area contributed by atoms with Crippen molar-refractivity contribution in [2.75, 3.05) is 0 Å². The van der Waals surface area contributed by atoms with E-state index in [1.54, 1.807) is 0 Å². The largest absolute Gasteiger partial charge is 0.423 e. The number of esters is 1. The second kappa shape index (κ2) is 8.33. The average molecular weight is 336 g/mol. The summed E-state index contributed by atoms with van der Waals surface area (Å²) in [6.07, 6.45) is 7.91. The minimum absolute atomic E-state index is 0.290. The molecule has 132 valence electrons. The summed E-state index contributed by atoms with van der Waals surface area (Å²) in [5.41, 5.74) is 3.13. The third-order valence-corrected chi connectivity index (χ3v) is 5.39. The highest BCUT2D eigenvalue weighted by Crippen LogP contribution is 2.37. The van der Waals surface area contributed by atoms with Crippen molar-refractivity contribution in [2.24, 2.45) is 5.92 Å². The zero-order valence-electron chi connectivity index (χ0n) is 15.3. The minimum atomic E-state index is -0.290. The van der Waals surface area contributed by atoms with Crippen LogP contribution < -0.4 is 4.74 Å². The molecule has 1 aliphatic rings. The predicted octanol–water partition coefficient (Wildman–Crippen LogP) is 6.29. The number of ether oxygens (including phenoxy) is 1. The lowest BCUT2D eigenvalue weighted by Gasteiger charge is -2.28. The third-order valence-electron chi connectivity index (χ3n) is 5.39. The number of rotatable bonds is 5. The number of hydrogen-bond acceptors (Lipinski definition) is 2. The fourth-order valence-electron chi connectivity index (χ4n) is 3.86. The molecule has 1 fully saturated rings. The molecule has 1 aliphatic carbocycles. The predicted molar refractivity (Wildman–Crippen MR) is 102 cm³/mol. The van der Waals surface area contributed by atoms with Gasteiger partial charge in [0.05, 0.1) is 5.56 Å². The Morgan fingerprint density at radius 1 is 0.960 bits per heavy atom. The van der Waals surface area contributed by atoms with Gasteiger partial charge in [-0.05, 0) is 74.3 Å². The van der Waals surface area contributed by atoms with Crippen LogP contribution in [0.1, 0.15) is 72.9 Å². The smallest absolute Gasteiger partial charge is 0.343 e. The molecule has 0 aliphatic heterocycles. The second-order valence-electron chi connectivity index (χ2n) is 7.33. The lowest BCUT2D eigenvalue weighted by atomic mass is 9.77. The normalized spacial score (nSPS) is 20.2. The molecule has 2 heteroatoms. The Hall–Kier alpha value is -2.09. The van der Waals surface area contributed by atoms with Crippen LogP contribution >= 0.6 is 0 Å². The molecule has 0 saturated heterocycles. The van der Waals surface area contributed by atoms with Crippen molar-refractivity contribution in [2.45, 2.75) is 58.3 Å². The number of benzene rings is 2. The maximum absolute atomic E-state index is 12.3. The summed E-state index contributed by atoms with van der Waals surface area (Å²) < 4.78 is 5.44. The molecule has 25 heavy (non-hydrogen) atoms. The topological polar surface area (TPSA) is 26.3 Å². The molecule has 2 aromatic rings. The van der Waals surface area contributed by atoms with Crippen molar-refractivity contribution in [3.05, 3.63) is 65.2 Å². The Bertz CT molecular complexity index is 677. The summed E-state index contributed by atoms with van der Waals surface area (Å²) in [4.78, 5) is 12.3. The first-order valence-electron chi connectivity index (χ1n) is 9.54. The van der Waals surface area contributed by atoms with Crippen LogP contribution in [0.25, 0.3) is 0 Å². The van der Waals surface area contributed by atoms with E-state index in [1.165, 1.54) is 44.1 Å². The Labute approximate surface area is 151 Å². The quantitative estimate of drug-likeness (QED) is 0.474. The number of hydrogen-bond donors (Lipinski definition) is 0. The number of carbonyl (C=O) groups is 1. The molecule has 2 nitrogen and oxygen atoms in total. The van der Waals surface area contributed by atoms with Gasteiger partial charge >= 0.3 is 5.97 Å². The fourth-order valence-corrected chi connectivity index (χ4v) is 3.86. The van der Waals surface area contributed by atoms with Gasteiger partial charge in [-0.15, -0.1) is 0 Å². The Kier molecular flexibility index (Phi) is 5.91. The Morgan fingerprint density at radius 3 is 2.20 bits per heavy atom. The molecular formula is C23H28O2. The summed E-state index contributed by atoms with van der Waals surface area (Å²) in [5.74, 6) is 1.87. The van der Waals surface area contributed by atoms with Gasteiger partial charge in [0, 0.05) is 0 Å². The van der Waals surface area contributed by atoms with Gasteiger partial charge in [-0.3, -0.25) is 0 Å². The number of aryl methyl sites for hydroxylation is 1. The van der Waals surface area contributed by atoms with Crippen LogP contribution in [0.3, 0.4) is 0 Å². The van der Waals surface area contributed by atoms with Crippen LogP contribution in [0.2, 0.25) is 0 Å². The maximum atomic E-state index is 12.3. The SMILES string of the molecule is CCCC1CCC(c2ccc(C(=O)Oc3ccc(C)cc3)cc2)CC1. The highest BCUT2D eigenvalue weighted by molar-refractivity contribution is 5.91. The van der Waals surface area contributed by atoms with Crippen LogP contribution in [0.5, 0.6) is 5.75 Å². The van der Waals surface area contributed by atoms with Crippen molar-refractivity contribution in [3.63, 3.8) is 0 Å². The molecule has 0 radical (unpaired) electrons. The van der Waals surface area contributed by atoms with E-state index >= 15 is 0 Å². The van der Waals surface area contributed by atoms with Crippen LogP contribution in [0.15, 0.2) is 48.5 Å². The fraction of sp³-hybridized carbons (Fsp3) is 0.435. The van der Waals surface area contributed by atoms with Gasteiger partial charge in [-0.1, -0.05) is 49.6 Å². The van der Waals surface area contributed by atoms with E-state index in [0.29, 0.717) is 17.2 Å². The van der Waals surface area contributed by atoms with E-state index in [4.69, 9.17) is 4.74 Å². The second-order valence-corrected chi connectivity index (χ2v) is 7.33. The van der Waals surface area contributed by atoms with E-state index in [1.807, 2.05) is 43.3 Å². The lowest BCUT2D eigenvalue weighted by molar-refractivity contribution is 0.0734. The molecule has 0 spiro atoms. The van der Waals surface area contributed by atoms with Gasteiger partial charge in [0.15, 0.2) is 0 Å². The summed E-state index contributed by atoms with van der Waals surface area (Å²) in [6, 6.07) is 15.6. The Morgan fingerprint density at radius 2 is 1.60 bits per heavy atom. The molecular weight excluding hydrogens is 308 g/mol. The number of carbonyl (C=O) groups excluding carboxylic acids is 1. The molecule has 0 unspecified atom stereocenters.